The second-order valence-electron chi connectivity index (χ2n) is 7.37. The van der Waals surface area contributed by atoms with Gasteiger partial charge in [0.15, 0.2) is 0 Å². The molecule has 0 atom stereocenters. The Morgan fingerprint density at radius 1 is 0.727 bits per heavy atom. The van der Waals surface area contributed by atoms with Gasteiger partial charge in [-0.3, -0.25) is 5.41 Å². The van der Waals surface area contributed by atoms with E-state index in [9.17, 15) is 0 Å². The van der Waals surface area contributed by atoms with Gasteiger partial charge < -0.3 is 9.47 Å². The summed E-state index contributed by atoms with van der Waals surface area (Å²) in [5, 5.41) is 15.9. The fourth-order valence-electron chi connectivity index (χ4n) is 2.93. The maximum atomic E-state index is 7.84. The van der Waals surface area contributed by atoms with Crippen LogP contribution < -0.4 is 20.3 Å². The van der Waals surface area contributed by atoms with Crippen molar-refractivity contribution < 1.29 is 9.47 Å². The van der Waals surface area contributed by atoms with Crippen molar-refractivity contribution in [3.05, 3.63) is 59.7 Å². The molecule has 0 bridgehead atoms. The van der Waals surface area contributed by atoms with Gasteiger partial charge in [0.2, 0.25) is 5.96 Å². The number of hydrogen-bond acceptors (Lipinski definition) is 5. The topological polar surface area (TPSA) is 91.1 Å². The van der Waals surface area contributed by atoms with Crippen LogP contribution in [0.2, 0.25) is 0 Å². The van der Waals surface area contributed by atoms with Crippen LogP contribution in [0.1, 0.15) is 64.5 Å². The number of guanidine groups is 1. The lowest BCUT2D eigenvalue weighted by Crippen LogP contribution is -2.29. The molecule has 33 heavy (non-hydrogen) atoms. The van der Waals surface area contributed by atoms with Gasteiger partial charge in [0.25, 0.3) is 0 Å². The van der Waals surface area contributed by atoms with E-state index in [1.54, 1.807) is 12.4 Å². The Labute approximate surface area is 203 Å². The maximum absolute atomic E-state index is 7.84. The van der Waals surface area contributed by atoms with Crippen molar-refractivity contribution in [2.75, 3.05) is 0 Å². The Hall–Kier alpha value is -3.06. The third-order valence-electron chi connectivity index (χ3n) is 4.97. The van der Waals surface area contributed by atoms with Crippen molar-refractivity contribution in [2.45, 2.75) is 65.6 Å². The molecule has 0 heterocycles. The van der Waals surface area contributed by atoms with Gasteiger partial charge in [-0.2, -0.15) is 10.2 Å². The molecule has 0 saturated heterocycles. The molecule has 0 radical (unpaired) electrons. The zero-order valence-electron chi connectivity index (χ0n) is 19.9. The lowest BCUT2D eigenvalue weighted by molar-refractivity contribution is 0.192. The van der Waals surface area contributed by atoms with Crippen molar-refractivity contribution in [1.82, 2.24) is 10.9 Å². The fourth-order valence-corrected chi connectivity index (χ4v) is 2.93. The normalized spacial score (nSPS) is 11.1. The quantitative estimate of drug-likeness (QED) is 0.209. The van der Waals surface area contributed by atoms with E-state index in [2.05, 4.69) is 48.7 Å². The molecular weight excluding hydrogens is 438 g/mol. The van der Waals surface area contributed by atoms with Gasteiger partial charge in [-0.05, 0) is 85.3 Å². The number of rotatable bonds is 12. The standard InChI is InChI=1S/C25H35N5O2.ClH/c1-5-21(6-2)31-23-13-9-19(10-14-23)17-27-29-25(26)30-28-18-20-11-15-24(16-12-20)32-22(7-3)8-4;/h9-18,21-22H,5-8H2,1-4H3,(H3,26,29,30);1H. The Morgan fingerprint density at radius 2 is 1.06 bits per heavy atom. The highest BCUT2D eigenvalue weighted by molar-refractivity contribution is 5.85. The van der Waals surface area contributed by atoms with E-state index in [1.807, 2.05) is 48.5 Å². The highest BCUT2D eigenvalue weighted by Crippen LogP contribution is 2.16. The number of nitrogens with one attached hydrogen (secondary N) is 3. The Bertz CT molecular complexity index is 790. The first kappa shape index (κ1) is 28.0. The van der Waals surface area contributed by atoms with Crippen LogP contribution in [0.15, 0.2) is 58.7 Å². The monoisotopic (exact) mass is 473 g/mol. The minimum absolute atomic E-state index is 0. The predicted octanol–water partition coefficient (Wildman–Crippen LogP) is 5.73. The van der Waals surface area contributed by atoms with Crippen molar-refractivity contribution in [1.29, 1.82) is 5.41 Å². The first-order valence-corrected chi connectivity index (χ1v) is 11.3. The van der Waals surface area contributed by atoms with Crippen molar-refractivity contribution >= 4 is 30.8 Å². The van der Waals surface area contributed by atoms with Crippen LogP contribution in [0.4, 0.5) is 0 Å². The minimum Gasteiger partial charge on any atom is -0.490 e. The van der Waals surface area contributed by atoms with Gasteiger partial charge >= 0.3 is 0 Å². The molecule has 8 heteroatoms. The van der Waals surface area contributed by atoms with Crippen molar-refractivity contribution in [2.24, 2.45) is 10.2 Å². The molecule has 2 aromatic rings. The van der Waals surface area contributed by atoms with Gasteiger partial charge in [-0.1, -0.05) is 27.7 Å². The van der Waals surface area contributed by atoms with E-state index >= 15 is 0 Å². The summed E-state index contributed by atoms with van der Waals surface area (Å²) in [6.07, 6.45) is 7.70. The van der Waals surface area contributed by atoms with Crippen LogP contribution in [0.3, 0.4) is 0 Å². The van der Waals surface area contributed by atoms with Gasteiger partial charge in [0, 0.05) is 0 Å². The third kappa shape index (κ3) is 10.4. The SMILES string of the molecule is CCC(CC)Oc1ccc(C=NNC(=N)NN=Cc2ccc(OC(CC)CC)cc2)cc1.Cl. The lowest BCUT2D eigenvalue weighted by Gasteiger charge is -2.15. The predicted molar refractivity (Wildman–Crippen MR) is 139 cm³/mol. The average Bonchev–Trinajstić information content (AvgIpc) is 2.83. The number of benzene rings is 2. The number of nitrogens with zero attached hydrogens (tertiary/aromatic N) is 2. The first-order chi connectivity index (χ1) is 15.6. The van der Waals surface area contributed by atoms with Crippen LogP contribution >= 0.6 is 12.4 Å². The number of ether oxygens (including phenoxy) is 2. The molecule has 0 spiro atoms. The van der Waals surface area contributed by atoms with Crippen LogP contribution in [-0.4, -0.2) is 30.6 Å². The van der Waals surface area contributed by atoms with Gasteiger partial charge in [-0.15, -0.1) is 12.4 Å². The van der Waals surface area contributed by atoms with E-state index in [4.69, 9.17) is 14.9 Å². The second kappa shape index (κ2) is 15.7. The molecule has 0 aromatic heterocycles. The molecule has 3 N–H and O–H groups in total. The molecule has 7 nitrogen and oxygen atoms in total. The highest BCUT2D eigenvalue weighted by Gasteiger charge is 2.05. The van der Waals surface area contributed by atoms with E-state index in [0.717, 1.165) is 48.3 Å². The van der Waals surface area contributed by atoms with Crippen LogP contribution in [0, 0.1) is 5.41 Å². The smallest absolute Gasteiger partial charge is 0.230 e. The summed E-state index contributed by atoms with van der Waals surface area (Å²) in [6.45, 7) is 8.48. The lowest BCUT2D eigenvalue weighted by atomic mass is 10.2. The number of hydrazone groups is 2. The molecule has 2 rings (SSSR count). The molecule has 0 saturated carbocycles. The molecule has 0 aliphatic heterocycles. The summed E-state index contributed by atoms with van der Waals surface area (Å²) in [7, 11) is 0. The van der Waals surface area contributed by atoms with Crippen molar-refractivity contribution in [3.8, 4) is 11.5 Å². The van der Waals surface area contributed by atoms with Gasteiger partial charge in [0.05, 0.1) is 24.6 Å². The van der Waals surface area contributed by atoms with Crippen LogP contribution in [0.5, 0.6) is 11.5 Å². The third-order valence-corrected chi connectivity index (χ3v) is 4.97. The van der Waals surface area contributed by atoms with E-state index in [-0.39, 0.29) is 30.6 Å². The van der Waals surface area contributed by atoms with Gasteiger partial charge in [-0.25, -0.2) is 10.9 Å². The maximum Gasteiger partial charge on any atom is 0.230 e. The molecule has 0 aliphatic rings. The Kier molecular flexibility index (Phi) is 13.3. The Balaban J connectivity index is 0.00000544. The van der Waals surface area contributed by atoms with Crippen LogP contribution in [0.25, 0.3) is 0 Å². The summed E-state index contributed by atoms with van der Waals surface area (Å²) >= 11 is 0. The van der Waals surface area contributed by atoms with Gasteiger partial charge in [0.1, 0.15) is 11.5 Å². The zero-order valence-corrected chi connectivity index (χ0v) is 20.7. The second-order valence-corrected chi connectivity index (χ2v) is 7.37. The van der Waals surface area contributed by atoms with E-state index in [1.165, 1.54) is 0 Å². The van der Waals surface area contributed by atoms with Crippen molar-refractivity contribution in [3.63, 3.8) is 0 Å². The Morgan fingerprint density at radius 3 is 1.36 bits per heavy atom. The molecule has 180 valence electrons. The molecular formula is C25H36ClN5O2. The van der Waals surface area contributed by atoms with E-state index in [0.29, 0.717) is 0 Å². The molecule has 0 amide bonds. The van der Waals surface area contributed by atoms with Crippen LogP contribution in [-0.2, 0) is 0 Å². The fraction of sp³-hybridized carbons (Fsp3) is 0.400. The highest BCUT2D eigenvalue weighted by atomic mass is 35.5. The minimum atomic E-state index is -0.0279. The summed E-state index contributed by atoms with van der Waals surface area (Å²) < 4.78 is 11.8. The zero-order chi connectivity index (χ0) is 23.2. The average molecular weight is 474 g/mol. The first-order valence-electron chi connectivity index (χ1n) is 11.3. The summed E-state index contributed by atoms with van der Waals surface area (Å²) in [5.74, 6) is 1.67. The molecule has 2 aromatic carbocycles. The number of halogens is 1. The molecule has 0 unspecified atom stereocenters. The summed E-state index contributed by atoms with van der Waals surface area (Å²) in [4.78, 5) is 0. The largest absolute Gasteiger partial charge is 0.490 e. The van der Waals surface area contributed by atoms with E-state index < -0.39 is 0 Å². The molecule has 0 fully saturated rings. The summed E-state index contributed by atoms with van der Waals surface area (Å²) in [6, 6.07) is 15.4. The molecule has 0 aliphatic carbocycles. The summed E-state index contributed by atoms with van der Waals surface area (Å²) in [5.41, 5.74) is 7.01. The number of hydrogen-bond donors (Lipinski definition) is 3.